The normalized spacial score (nSPS) is 12.7. The minimum atomic E-state index is -0.863. The van der Waals surface area contributed by atoms with Gasteiger partial charge >= 0.3 is 18.2 Å². The molecule has 0 rings (SSSR count). The molecular formula is C12H22N2O5S. The Labute approximate surface area is 123 Å². The van der Waals surface area contributed by atoms with Crippen molar-refractivity contribution in [3.63, 3.8) is 0 Å². The SMILES string of the molecule is CSO/C(=N\C(=O)OC(C)(C)C)NC(=O)OC(C)(C)C. The van der Waals surface area contributed by atoms with E-state index >= 15 is 0 Å². The lowest BCUT2D eigenvalue weighted by atomic mass is 10.2. The van der Waals surface area contributed by atoms with E-state index in [9.17, 15) is 9.59 Å². The van der Waals surface area contributed by atoms with E-state index in [4.69, 9.17) is 13.7 Å². The average Bonchev–Trinajstić information content (AvgIpc) is 2.10. The molecule has 0 bridgehead atoms. The predicted molar refractivity (Wildman–Crippen MR) is 77.6 cm³/mol. The number of ether oxygens (including phenoxy) is 2. The van der Waals surface area contributed by atoms with Gasteiger partial charge in [-0.05, 0) is 41.5 Å². The number of carbonyl (C=O) groups excluding carboxylic acids is 2. The fourth-order valence-corrected chi connectivity index (χ4v) is 1.14. The monoisotopic (exact) mass is 306 g/mol. The maximum atomic E-state index is 11.6. The predicted octanol–water partition coefficient (Wildman–Crippen LogP) is 3.10. The van der Waals surface area contributed by atoms with Gasteiger partial charge in [0.1, 0.15) is 11.2 Å². The van der Waals surface area contributed by atoms with E-state index in [1.165, 1.54) is 0 Å². The Balaban J connectivity index is 4.72. The Kier molecular flexibility index (Phi) is 6.84. The molecule has 1 N–H and O–H groups in total. The van der Waals surface area contributed by atoms with Crippen LogP contribution in [0.5, 0.6) is 0 Å². The Bertz CT molecular complexity index is 382. The second kappa shape index (κ2) is 7.37. The summed E-state index contributed by atoms with van der Waals surface area (Å²) in [6, 6.07) is -0.291. The van der Waals surface area contributed by atoms with Crippen molar-refractivity contribution in [2.75, 3.05) is 6.26 Å². The molecule has 0 aromatic heterocycles. The van der Waals surface area contributed by atoms with Crippen LogP contribution in [-0.2, 0) is 13.7 Å². The fraction of sp³-hybridized carbons (Fsp3) is 0.750. The summed E-state index contributed by atoms with van der Waals surface area (Å²) in [6.45, 7) is 10.3. The van der Waals surface area contributed by atoms with Crippen LogP contribution in [0.15, 0.2) is 4.99 Å². The molecule has 0 radical (unpaired) electrons. The summed E-state index contributed by atoms with van der Waals surface area (Å²) in [5.74, 6) is 0. The van der Waals surface area contributed by atoms with Gasteiger partial charge < -0.3 is 13.7 Å². The topological polar surface area (TPSA) is 86.2 Å². The van der Waals surface area contributed by atoms with Crippen LogP contribution in [0.25, 0.3) is 0 Å². The fourth-order valence-electron chi connectivity index (χ4n) is 0.905. The van der Waals surface area contributed by atoms with Crippen LogP contribution in [-0.4, -0.2) is 35.7 Å². The molecule has 0 saturated heterocycles. The van der Waals surface area contributed by atoms with Crippen molar-refractivity contribution >= 4 is 30.3 Å². The number of nitrogens with zero attached hydrogens (tertiary/aromatic N) is 1. The van der Waals surface area contributed by atoms with Crippen LogP contribution in [0.3, 0.4) is 0 Å². The second-order valence-electron chi connectivity index (χ2n) is 5.77. The maximum absolute atomic E-state index is 11.6. The highest BCUT2D eigenvalue weighted by Gasteiger charge is 2.20. The number of hydrogen-bond donors (Lipinski definition) is 1. The lowest BCUT2D eigenvalue weighted by Gasteiger charge is -2.20. The zero-order valence-corrected chi connectivity index (χ0v) is 13.7. The summed E-state index contributed by atoms with van der Waals surface area (Å²) in [5, 5.41) is 2.24. The molecule has 0 heterocycles. The minimum Gasteiger partial charge on any atom is -0.443 e. The first-order valence-corrected chi connectivity index (χ1v) is 7.10. The molecular weight excluding hydrogens is 284 g/mol. The number of aliphatic imine (C=N–C) groups is 1. The van der Waals surface area contributed by atoms with E-state index in [2.05, 4.69) is 10.3 Å². The van der Waals surface area contributed by atoms with E-state index < -0.39 is 23.4 Å². The summed E-state index contributed by atoms with van der Waals surface area (Å²) in [6.07, 6.45) is -0.0204. The molecule has 7 nitrogen and oxygen atoms in total. The van der Waals surface area contributed by atoms with Crippen molar-refractivity contribution in [1.29, 1.82) is 0 Å². The molecule has 20 heavy (non-hydrogen) atoms. The number of rotatable bonds is 1. The lowest BCUT2D eigenvalue weighted by Crippen LogP contribution is -2.37. The van der Waals surface area contributed by atoms with Crippen molar-refractivity contribution in [2.45, 2.75) is 52.7 Å². The molecule has 0 spiro atoms. The van der Waals surface area contributed by atoms with Crippen molar-refractivity contribution in [3.05, 3.63) is 0 Å². The van der Waals surface area contributed by atoms with E-state index in [1.54, 1.807) is 47.8 Å². The zero-order valence-electron chi connectivity index (χ0n) is 12.9. The van der Waals surface area contributed by atoms with Gasteiger partial charge in [0.15, 0.2) is 0 Å². The third kappa shape index (κ3) is 10.5. The molecule has 0 aromatic rings. The van der Waals surface area contributed by atoms with Crippen LogP contribution in [0, 0.1) is 0 Å². The summed E-state index contributed by atoms with van der Waals surface area (Å²) in [7, 11) is 0. The van der Waals surface area contributed by atoms with Crippen molar-refractivity contribution < 1.29 is 23.2 Å². The summed E-state index contributed by atoms with van der Waals surface area (Å²) < 4.78 is 15.0. The summed E-state index contributed by atoms with van der Waals surface area (Å²) in [5.41, 5.74) is -1.35. The molecule has 0 aliphatic carbocycles. The summed E-state index contributed by atoms with van der Waals surface area (Å²) >= 11 is 0.921. The van der Waals surface area contributed by atoms with Crippen LogP contribution in [0.2, 0.25) is 0 Å². The van der Waals surface area contributed by atoms with Crippen LogP contribution < -0.4 is 5.32 Å². The highest BCUT2D eigenvalue weighted by Crippen LogP contribution is 2.09. The largest absolute Gasteiger partial charge is 0.443 e. The van der Waals surface area contributed by atoms with Crippen LogP contribution in [0.4, 0.5) is 9.59 Å². The van der Waals surface area contributed by atoms with Crippen molar-refractivity contribution in [3.8, 4) is 0 Å². The van der Waals surface area contributed by atoms with E-state index in [0.29, 0.717) is 0 Å². The third-order valence-corrected chi connectivity index (χ3v) is 1.68. The first-order chi connectivity index (χ1) is 8.93. The van der Waals surface area contributed by atoms with Gasteiger partial charge in [0.05, 0.1) is 12.0 Å². The van der Waals surface area contributed by atoms with Gasteiger partial charge in [-0.2, -0.15) is 0 Å². The highest BCUT2D eigenvalue weighted by atomic mass is 32.2. The number of alkyl carbamates (subject to hydrolysis) is 1. The molecule has 0 aromatic carbocycles. The molecule has 0 atom stereocenters. The molecule has 8 heteroatoms. The van der Waals surface area contributed by atoms with Crippen LogP contribution in [0.1, 0.15) is 41.5 Å². The maximum Gasteiger partial charge on any atom is 0.438 e. The van der Waals surface area contributed by atoms with Gasteiger partial charge in [0.25, 0.3) is 0 Å². The first-order valence-electron chi connectivity index (χ1n) is 5.95. The zero-order chi connectivity index (χ0) is 16.0. The van der Waals surface area contributed by atoms with Crippen molar-refractivity contribution in [2.24, 2.45) is 4.99 Å². The summed E-state index contributed by atoms with van der Waals surface area (Å²) in [4.78, 5) is 26.6. The van der Waals surface area contributed by atoms with E-state index in [1.807, 2.05) is 0 Å². The van der Waals surface area contributed by atoms with Gasteiger partial charge in [0, 0.05) is 6.26 Å². The second-order valence-corrected chi connectivity index (χ2v) is 6.27. The smallest absolute Gasteiger partial charge is 0.438 e. The van der Waals surface area contributed by atoms with Gasteiger partial charge in [-0.15, -0.1) is 4.99 Å². The highest BCUT2D eigenvalue weighted by molar-refractivity contribution is 7.94. The van der Waals surface area contributed by atoms with Crippen LogP contribution >= 0.6 is 12.0 Å². The quantitative estimate of drug-likeness (QED) is 0.455. The molecule has 0 unspecified atom stereocenters. The first kappa shape index (κ1) is 18.6. The Hall–Kier alpha value is -1.44. The average molecular weight is 306 g/mol. The Morgan fingerprint density at radius 1 is 1.00 bits per heavy atom. The number of nitrogens with one attached hydrogen (secondary N) is 1. The lowest BCUT2D eigenvalue weighted by molar-refractivity contribution is 0.0555. The van der Waals surface area contributed by atoms with E-state index in [-0.39, 0.29) is 6.02 Å². The minimum absolute atomic E-state index is 0.291. The molecule has 2 amide bonds. The number of amides is 2. The Morgan fingerprint density at radius 2 is 1.50 bits per heavy atom. The molecule has 0 saturated carbocycles. The molecule has 0 aliphatic rings. The Morgan fingerprint density at radius 3 is 1.90 bits per heavy atom. The molecule has 0 aliphatic heterocycles. The number of hydrogen-bond acceptors (Lipinski definition) is 6. The third-order valence-electron chi connectivity index (χ3n) is 1.36. The standard InChI is InChI=1S/C12H22N2O5S/c1-11(2,3)17-9(15)13-8(19-20-7)14-10(16)18-12(4,5)6/h1-7H3,(H,13,14,15,16). The van der Waals surface area contributed by atoms with Gasteiger partial charge in [-0.3, -0.25) is 0 Å². The van der Waals surface area contributed by atoms with Gasteiger partial charge in [-0.25, -0.2) is 14.9 Å². The van der Waals surface area contributed by atoms with Crippen molar-refractivity contribution in [1.82, 2.24) is 5.32 Å². The van der Waals surface area contributed by atoms with Gasteiger partial charge in [-0.1, -0.05) is 0 Å². The number of carbonyl (C=O) groups is 2. The molecule has 116 valence electrons. The van der Waals surface area contributed by atoms with Gasteiger partial charge in [0.2, 0.25) is 0 Å². The number of amidine groups is 1. The molecule has 0 fully saturated rings. The van der Waals surface area contributed by atoms with E-state index in [0.717, 1.165) is 12.0 Å².